The molecule has 3 aromatic rings. The average molecular weight is 407 g/mol. The molecular weight excluding hydrogens is 380 g/mol. The van der Waals surface area contributed by atoms with Crippen molar-refractivity contribution >= 4 is 22.9 Å². The Labute approximate surface area is 176 Å². The molecule has 6 heteroatoms. The Balaban J connectivity index is 1.42. The van der Waals surface area contributed by atoms with Gasteiger partial charge in [0.1, 0.15) is 10.7 Å². The highest BCUT2D eigenvalue weighted by Crippen LogP contribution is 2.25. The summed E-state index contributed by atoms with van der Waals surface area (Å²) >= 11 is 1.50. The van der Waals surface area contributed by atoms with Gasteiger partial charge in [0.25, 0.3) is 5.91 Å². The Morgan fingerprint density at radius 3 is 2.55 bits per heavy atom. The highest BCUT2D eigenvalue weighted by molar-refractivity contribution is 7.13. The normalized spacial score (nSPS) is 14.8. The molecule has 1 N–H and O–H groups in total. The smallest absolute Gasteiger partial charge is 0.271 e. The SMILES string of the molecule is Cc1ccc(-c2nc(C(=O)NCc3ccccc3N3CCN(C)CC3)cs2)cc1. The zero-order chi connectivity index (χ0) is 20.2. The molecule has 0 radical (unpaired) electrons. The number of hydrogen-bond acceptors (Lipinski definition) is 5. The van der Waals surface area contributed by atoms with E-state index in [9.17, 15) is 4.79 Å². The summed E-state index contributed by atoms with van der Waals surface area (Å²) in [6.07, 6.45) is 0. The molecule has 0 atom stereocenters. The maximum absolute atomic E-state index is 12.7. The third-order valence-electron chi connectivity index (χ3n) is 5.31. The number of likely N-dealkylation sites (N-methyl/N-ethyl adjacent to an activating group) is 1. The lowest BCUT2D eigenvalue weighted by atomic mass is 10.1. The van der Waals surface area contributed by atoms with E-state index in [1.54, 1.807) is 0 Å². The van der Waals surface area contributed by atoms with Crippen LogP contribution in [0.3, 0.4) is 0 Å². The number of nitrogens with one attached hydrogen (secondary N) is 1. The number of rotatable bonds is 5. The molecule has 1 aliphatic rings. The summed E-state index contributed by atoms with van der Waals surface area (Å²) in [5.41, 5.74) is 5.07. The number of thiazole rings is 1. The van der Waals surface area contributed by atoms with Gasteiger partial charge in [0, 0.05) is 49.4 Å². The van der Waals surface area contributed by atoms with Crippen molar-refractivity contribution < 1.29 is 4.79 Å². The van der Waals surface area contributed by atoms with Crippen LogP contribution in [-0.4, -0.2) is 49.0 Å². The minimum Gasteiger partial charge on any atom is -0.369 e. The van der Waals surface area contributed by atoms with E-state index in [0.717, 1.165) is 42.3 Å². The van der Waals surface area contributed by atoms with Gasteiger partial charge >= 0.3 is 0 Å². The Morgan fingerprint density at radius 2 is 1.79 bits per heavy atom. The number of carbonyl (C=O) groups is 1. The third-order valence-corrected chi connectivity index (χ3v) is 6.20. The summed E-state index contributed by atoms with van der Waals surface area (Å²) in [5, 5.41) is 5.74. The molecule has 0 unspecified atom stereocenters. The highest BCUT2D eigenvalue weighted by atomic mass is 32.1. The fourth-order valence-corrected chi connectivity index (χ4v) is 4.30. The Kier molecular flexibility index (Phi) is 5.92. The monoisotopic (exact) mass is 406 g/mol. The molecule has 29 heavy (non-hydrogen) atoms. The summed E-state index contributed by atoms with van der Waals surface area (Å²) in [6, 6.07) is 16.5. The van der Waals surface area contributed by atoms with E-state index in [4.69, 9.17) is 0 Å². The van der Waals surface area contributed by atoms with Gasteiger partial charge in [-0.15, -0.1) is 11.3 Å². The third kappa shape index (κ3) is 4.66. The van der Waals surface area contributed by atoms with Crippen LogP contribution in [0.15, 0.2) is 53.9 Å². The molecule has 1 saturated heterocycles. The van der Waals surface area contributed by atoms with Gasteiger partial charge in [-0.3, -0.25) is 4.79 Å². The molecule has 1 fully saturated rings. The first-order chi connectivity index (χ1) is 14.1. The number of anilines is 1. The predicted molar refractivity (Wildman–Crippen MR) is 120 cm³/mol. The quantitative estimate of drug-likeness (QED) is 0.700. The first kappa shape index (κ1) is 19.6. The second-order valence-corrected chi connectivity index (χ2v) is 8.36. The van der Waals surface area contributed by atoms with Crippen molar-refractivity contribution in [3.05, 3.63) is 70.7 Å². The molecule has 2 heterocycles. The molecule has 5 nitrogen and oxygen atoms in total. The minimum atomic E-state index is -0.132. The number of aromatic nitrogens is 1. The molecular formula is C23H26N4OS. The molecule has 1 amide bonds. The first-order valence-corrected chi connectivity index (χ1v) is 10.8. The maximum Gasteiger partial charge on any atom is 0.271 e. The highest BCUT2D eigenvalue weighted by Gasteiger charge is 2.17. The summed E-state index contributed by atoms with van der Waals surface area (Å²) in [7, 11) is 2.15. The predicted octanol–water partition coefficient (Wildman–Crippen LogP) is 3.80. The Morgan fingerprint density at radius 1 is 1.07 bits per heavy atom. The lowest BCUT2D eigenvalue weighted by Gasteiger charge is -2.35. The number of piperazine rings is 1. The van der Waals surface area contributed by atoms with Crippen LogP contribution in [0.1, 0.15) is 21.6 Å². The van der Waals surface area contributed by atoms with Crippen molar-refractivity contribution in [2.24, 2.45) is 0 Å². The Bertz CT molecular complexity index is 975. The largest absolute Gasteiger partial charge is 0.369 e. The van der Waals surface area contributed by atoms with Gasteiger partial charge in [-0.05, 0) is 25.6 Å². The standard InChI is InChI=1S/C23H26N4OS/c1-17-7-9-18(10-8-17)23-25-20(16-29-23)22(28)24-15-19-5-3-4-6-21(19)27-13-11-26(2)12-14-27/h3-10,16H,11-15H2,1-2H3,(H,24,28). The van der Waals surface area contributed by atoms with Gasteiger partial charge in [-0.2, -0.15) is 0 Å². The van der Waals surface area contributed by atoms with Crippen LogP contribution in [0.4, 0.5) is 5.69 Å². The fourth-order valence-electron chi connectivity index (χ4n) is 3.49. The van der Waals surface area contributed by atoms with Crippen molar-refractivity contribution in [1.29, 1.82) is 0 Å². The molecule has 2 aromatic carbocycles. The zero-order valence-electron chi connectivity index (χ0n) is 16.9. The number of amides is 1. The van der Waals surface area contributed by atoms with Gasteiger partial charge in [-0.1, -0.05) is 48.0 Å². The fraction of sp³-hybridized carbons (Fsp3) is 0.304. The molecule has 4 rings (SSSR count). The van der Waals surface area contributed by atoms with Crippen molar-refractivity contribution in [2.45, 2.75) is 13.5 Å². The van der Waals surface area contributed by atoms with E-state index in [0.29, 0.717) is 12.2 Å². The number of aryl methyl sites for hydroxylation is 1. The number of para-hydroxylation sites is 1. The second-order valence-electron chi connectivity index (χ2n) is 7.51. The maximum atomic E-state index is 12.7. The van der Waals surface area contributed by atoms with Crippen molar-refractivity contribution in [3.63, 3.8) is 0 Å². The molecule has 150 valence electrons. The first-order valence-electron chi connectivity index (χ1n) is 9.92. The zero-order valence-corrected chi connectivity index (χ0v) is 17.7. The van der Waals surface area contributed by atoms with E-state index < -0.39 is 0 Å². The van der Waals surface area contributed by atoms with Crippen LogP contribution in [0.25, 0.3) is 10.6 Å². The van der Waals surface area contributed by atoms with Crippen LogP contribution in [0.5, 0.6) is 0 Å². The van der Waals surface area contributed by atoms with Crippen LogP contribution >= 0.6 is 11.3 Å². The van der Waals surface area contributed by atoms with Gasteiger partial charge in [-0.25, -0.2) is 4.98 Å². The summed E-state index contributed by atoms with van der Waals surface area (Å²) in [5.74, 6) is -0.132. The van der Waals surface area contributed by atoms with E-state index in [2.05, 4.69) is 64.4 Å². The Hall–Kier alpha value is -2.70. The minimum absolute atomic E-state index is 0.132. The molecule has 0 aliphatic carbocycles. The van der Waals surface area contributed by atoms with E-state index in [1.807, 2.05) is 23.6 Å². The van der Waals surface area contributed by atoms with Crippen LogP contribution in [0.2, 0.25) is 0 Å². The van der Waals surface area contributed by atoms with Gasteiger partial charge in [0.15, 0.2) is 0 Å². The van der Waals surface area contributed by atoms with Crippen LogP contribution < -0.4 is 10.2 Å². The number of nitrogens with zero attached hydrogens (tertiary/aromatic N) is 3. The molecule has 1 aliphatic heterocycles. The topological polar surface area (TPSA) is 48.5 Å². The van der Waals surface area contributed by atoms with Crippen LogP contribution in [0, 0.1) is 6.92 Å². The van der Waals surface area contributed by atoms with Crippen molar-refractivity contribution in [1.82, 2.24) is 15.2 Å². The lowest BCUT2D eigenvalue weighted by Crippen LogP contribution is -2.45. The lowest BCUT2D eigenvalue weighted by molar-refractivity contribution is 0.0946. The van der Waals surface area contributed by atoms with E-state index in [-0.39, 0.29) is 5.91 Å². The molecule has 0 spiro atoms. The molecule has 0 bridgehead atoms. The van der Waals surface area contributed by atoms with Gasteiger partial charge < -0.3 is 15.1 Å². The van der Waals surface area contributed by atoms with Crippen molar-refractivity contribution in [3.8, 4) is 10.6 Å². The van der Waals surface area contributed by atoms with Gasteiger partial charge in [0.2, 0.25) is 0 Å². The average Bonchev–Trinajstić information content (AvgIpc) is 3.24. The van der Waals surface area contributed by atoms with Crippen molar-refractivity contribution in [2.75, 3.05) is 38.1 Å². The molecule has 1 aromatic heterocycles. The number of benzene rings is 2. The summed E-state index contributed by atoms with van der Waals surface area (Å²) in [4.78, 5) is 21.9. The summed E-state index contributed by atoms with van der Waals surface area (Å²) in [6.45, 7) is 6.69. The number of carbonyl (C=O) groups excluding carboxylic acids is 1. The number of hydrogen-bond donors (Lipinski definition) is 1. The molecule has 0 saturated carbocycles. The second kappa shape index (κ2) is 8.76. The van der Waals surface area contributed by atoms with Gasteiger partial charge in [0.05, 0.1) is 0 Å². The summed E-state index contributed by atoms with van der Waals surface area (Å²) < 4.78 is 0. The van der Waals surface area contributed by atoms with Crippen LogP contribution in [-0.2, 0) is 6.54 Å². The van der Waals surface area contributed by atoms with E-state index >= 15 is 0 Å². The van der Waals surface area contributed by atoms with E-state index in [1.165, 1.54) is 22.6 Å².